The largest absolute Gasteiger partial charge is 0.499 e. The molecule has 0 aliphatic carbocycles. The van der Waals surface area contributed by atoms with Crippen molar-refractivity contribution in [3.63, 3.8) is 0 Å². The van der Waals surface area contributed by atoms with Crippen LogP contribution in [-0.2, 0) is 0 Å². The molecule has 14 heavy (non-hydrogen) atoms. The van der Waals surface area contributed by atoms with Gasteiger partial charge in [0.15, 0.2) is 5.06 Å². The van der Waals surface area contributed by atoms with E-state index < -0.39 is 0 Å². The molecule has 0 spiro atoms. The van der Waals surface area contributed by atoms with E-state index in [2.05, 4.69) is 6.07 Å². The van der Waals surface area contributed by atoms with Gasteiger partial charge in [0.1, 0.15) is 5.75 Å². The number of nitrogens with zero attached hydrogens (tertiary/aromatic N) is 1. The fourth-order valence-corrected chi connectivity index (χ4v) is 2.26. The SMILES string of the molecule is COc1ccc(C#N)c2cc(O)sc12. The highest BCUT2D eigenvalue weighted by atomic mass is 32.1. The molecule has 1 aromatic carbocycles. The van der Waals surface area contributed by atoms with Crippen LogP contribution in [0, 0.1) is 11.3 Å². The summed E-state index contributed by atoms with van der Waals surface area (Å²) in [7, 11) is 1.57. The van der Waals surface area contributed by atoms with Gasteiger partial charge in [0.2, 0.25) is 0 Å². The van der Waals surface area contributed by atoms with Crippen LogP contribution in [0.1, 0.15) is 5.56 Å². The Morgan fingerprint density at radius 2 is 2.29 bits per heavy atom. The molecule has 1 heterocycles. The Kier molecular flexibility index (Phi) is 2.02. The third-order valence-corrected chi connectivity index (χ3v) is 2.93. The fraction of sp³-hybridized carbons (Fsp3) is 0.100. The Labute approximate surface area is 84.8 Å². The summed E-state index contributed by atoms with van der Waals surface area (Å²) in [4.78, 5) is 0. The average molecular weight is 205 g/mol. The van der Waals surface area contributed by atoms with Gasteiger partial charge in [-0.1, -0.05) is 11.3 Å². The first-order chi connectivity index (χ1) is 6.76. The lowest BCUT2D eigenvalue weighted by Crippen LogP contribution is -1.83. The predicted octanol–water partition coefficient (Wildman–Crippen LogP) is 2.49. The van der Waals surface area contributed by atoms with E-state index >= 15 is 0 Å². The molecule has 2 rings (SSSR count). The maximum absolute atomic E-state index is 9.35. The van der Waals surface area contributed by atoms with Gasteiger partial charge in [-0.15, -0.1) is 0 Å². The summed E-state index contributed by atoms with van der Waals surface area (Å²) in [6.07, 6.45) is 0. The molecule has 0 unspecified atom stereocenters. The van der Waals surface area contributed by atoms with Crippen molar-refractivity contribution in [1.82, 2.24) is 0 Å². The second kappa shape index (κ2) is 3.20. The molecule has 0 bridgehead atoms. The zero-order valence-corrected chi connectivity index (χ0v) is 8.26. The van der Waals surface area contributed by atoms with Crippen molar-refractivity contribution in [2.75, 3.05) is 7.11 Å². The Morgan fingerprint density at radius 3 is 2.93 bits per heavy atom. The van der Waals surface area contributed by atoms with Crippen molar-refractivity contribution in [1.29, 1.82) is 5.26 Å². The predicted molar refractivity (Wildman–Crippen MR) is 54.8 cm³/mol. The molecular weight excluding hydrogens is 198 g/mol. The van der Waals surface area contributed by atoms with Gasteiger partial charge in [0.25, 0.3) is 0 Å². The van der Waals surface area contributed by atoms with Crippen LogP contribution < -0.4 is 4.74 Å². The smallest absolute Gasteiger partial charge is 0.172 e. The van der Waals surface area contributed by atoms with Gasteiger partial charge in [0, 0.05) is 11.5 Å². The van der Waals surface area contributed by atoms with E-state index in [1.165, 1.54) is 11.3 Å². The second-order valence-corrected chi connectivity index (χ2v) is 3.79. The van der Waals surface area contributed by atoms with Gasteiger partial charge < -0.3 is 9.84 Å². The van der Waals surface area contributed by atoms with Crippen LogP contribution in [0.25, 0.3) is 10.1 Å². The number of aromatic hydroxyl groups is 1. The van der Waals surface area contributed by atoms with Crippen molar-refractivity contribution >= 4 is 21.4 Å². The molecule has 0 radical (unpaired) electrons. The van der Waals surface area contributed by atoms with Gasteiger partial charge in [-0.25, -0.2) is 0 Å². The van der Waals surface area contributed by atoms with Gasteiger partial charge in [-0.3, -0.25) is 0 Å². The molecule has 2 aromatic rings. The molecule has 1 aromatic heterocycles. The zero-order chi connectivity index (χ0) is 10.1. The highest BCUT2D eigenvalue weighted by Crippen LogP contribution is 2.38. The highest BCUT2D eigenvalue weighted by molar-refractivity contribution is 7.21. The molecule has 0 aliphatic rings. The summed E-state index contributed by atoms with van der Waals surface area (Å²) in [6.45, 7) is 0. The summed E-state index contributed by atoms with van der Waals surface area (Å²) in [5, 5.41) is 19.1. The first-order valence-electron chi connectivity index (χ1n) is 3.96. The van der Waals surface area contributed by atoms with Crippen molar-refractivity contribution in [2.24, 2.45) is 0 Å². The molecule has 0 amide bonds. The molecule has 0 fully saturated rings. The van der Waals surface area contributed by atoms with Crippen molar-refractivity contribution in [3.8, 4) is 16.9 Å². The topological polar surface area (TPSA) is 53.2 Å². The summed E-state index contributed by atoms with van der Waals surface area (Å²) in [5.41, 5.74) is 0.553. The van der Waals surface area contributed by atoms with E-state index in [-0.39, 0.29) is 5.06 Å². The third-order valence-electron chi connectivity index (χ3n) is 1.97. The lowest BCUT2D eigenvalue weighted by molar-refractivity contribution is 0.420. The standard InChI is InChI=1S/C10H7NO2S/c1-13-8-3-2-6(5-11)7-4-9(12)14-10(7)8/h2-4,12H,1H3. The maximum atomic E-state index is 9.35. The molecule has 3 nitrogen and oxygen atoms in total. The zero-order valence-electron chi connectivity index (χ0n) is 7.44. The molecule has 0 saturated heterocycles. The number of nitriles is 1. The summed E-state index contributed by atoms with van der Waals surface area (Å²) >= 11 is 1.21. The van der Waals surface area contributed by atoms with Crippen LogP contribution in [-0.4, -0.2) is 12.2 Å². The monoisotopic (exact) mass is 205 g/mol. The Balaban J connectivity index is 2.86. The second-order valence-electron chi connectivity index (χ2n) is 2.75. The summed E-state index contributed by atoms with van der Waals surface area (Å²) in [5.74, 6) is 0.685. The first-order valence-corrected chi connectivity index (χ1v) is 4.77. The van der Waals surface area contributed by atoms with Gasteiger partial charge in [-0.2, -0.15) is 5.26 Å². The van der Waals surface area contributed by atoms with E-state index in [4.69, 9.17) is 10.00 Å². The Hall–Kier alpha value is -1.73. The van der Waals surface area contributed by atoms with E-state index in [9.17, 15) is 5.11 Å². The lowest BCUT2D eigenvalue weighted by atomic mass is 10.1. The quantitative estimate of drug-likeness (QED) is 0.778. The average Bonchev–Trinajstić information content (AvgIpc) is 2.57. The van der Waals surface area contributed by atoms with Crippen molar-refractivity contribution < 1.29 is 9.84 Å². The van der Waals surface area contributed by atoms with Crippen LogP contribution in [0.15, 0.2) is 18.2 Å². The molecule has 70 valence electrons. The minimum absolute atomic E-state index is 0.195. The van der Waals surface area contributed by atoms with Crippen LogP contribution in [0.4, 0.5) is 0 Å². The summed E-state index contributed by atoms with van der Waals surface area (Å²) < 4.78 is 5.94. The number of methoxy groups -OCH3 is 1. The van der Waals surface area contributed by atoms with Gasteiger partial charge >= 0.3 is 0 Å². The summed E-state index contributed by atoms with van der Waals surface area (Å²) in [6, 6.07) is 7.08. The van der Waals surface area contributed by atoms with Gasteiger partial charge in [0.05, 0.1) is 23.4 Å². The number of thiophene rings is 1. The number of benzene rings is 1. The maximum Gasteiger partial charge on any atom is 0.172 e. The molecule has 0 saturated carbocycles. The van der Waals surface area contributed by atoms with E-state index in [1.54, 1.807) is 25.3 Å². The number of rotatable bonds is 1. The molecular formula is C10H7NO2S. The third kappa shape index (κ3) is 1.19. The van der Waals surface area contributed by atoms with Crippen LogP contribution in [0.5, 0.6) is 10.8 Å². The Bertz CT molecular complexity index is 525. The lowest BCUT2D eigenvalue weighted by Gasteiger charge is -2.00. The van der Waals surface area contributed by atoms with Crippen molar-refractivity contribution in [2.45, 2.75) is 0 Å². The van der Waals surface area contributed by atoms with E-state index in [0.29, 0.717) is 11.3 Å². The van der Waals surface area contributed by atoms with Crippen LogP contribution in [0.3, 0.4) is 0 Å². The fourth-order valence-electron chi connectivity index (χ4n) is 1.34. The molecule has 0 atom stereocenters. The minimum Gasteiger partial charge on any atom is -0.499 e. The van der Waals surface area contributed by atoms with E-state index in [0.717, 1.165) is 10.1 Å². The van der Waals surface area contributed by atoms with E-state index in [1.807, 2.05) is 0 Å². The van der Waals surface area contributed by atoms with Crippen molar-refractivity contribution in [3.05, 3.63) is 23.8 Å². The van der Waals surface area contributed by atoms with Crippen LogP contribution in [0.2, 0.25) is 0 Å². The highest BCUT2D eigenvalue weighted by Gasteiger charge is 2.10. The first kappa shape index (κ1) is 8.85. The number of ether oxygens (including phenoxy) is 1. The normalized spacial score (nSPS) is 10.0. The number of hydrogen-bond donors (Lipinski definition) is 1. The van der Waals surface area contributed by atoms with Crippen LogP contribution >= 0.6 is 11.3 Å². The Morgan fingerprint density at radius 1 is 1.50 bits per heavy atom. The molecule has 1 N–H and O–H groups in total. The molecule has 4 heteroatoms. The van der Waals surface area contributed by atoms with Gasteiger partial charge in [-0.05, 0) is 12.1 Å². The molecule has 0 aliphatic heterocycles. The number of fused-ring (bicyclic) bond motifs is 1. The minimum atomic E-state index is 0.195. The number of hydrogen-bond acceptors (Lipinski definition) is 4.